The topological polar surface area (TPSA) is 46.3 Å². The molecule has 1 aliphatic rings. The summed E-state index contributed by atoms with van der Waals surface area (Å²) in [6.07, 6.45) is 2.10. The number of nitrogen functional groups attached to an aromatic ring is 1. The summed E-state index contributed by atoms with van der Waals surface area (Å²) in [5, 5.41) is 0.472. The molecule has 98 valence electrons. The Morgan fingerprint density at radius 3 is 2.83 bits per heavy atom. The molecule has 0 bridgehead atoms. The highest BCUT2D eigenvalue weighted by atomic mass is 35.5. The molecule has 2 atom stereocenters. The molecule has 2 unspecified atom stereocenters. The molecule has 0 radical (unpaired) electrons. The van der Waals surface area contributed by atoms with Crippen LogP contribution in [0.15, 0.2) is 18.2 Å². The van der Waals surface area contributed by atoms with Gasteiger partial charge in [0.1, 0.15) is 0 Å². The first kappa shape index (κ1) is 13.2. The Labute approximate surface area is 113 Å². The van der Waals surface area contributed by atoms with E-state index in [0.29, 0.717) is 22.2 Å². The maximum atomic E-state index is 12.5. The molecule has 0 spiro atoms. The minimum atomic E-state index is -0.00769. The van der Waals surface area contributed by atoms with E-state index < -0.39 is 0 Å². The molecular formula is C14H19ClN2O. The third-order valence-corrected chi connectivity index (χ3v) is 3.95. The molecule has 3 nitrogen and oxygen atoms in total. The highest BCUT2D eigenvalue weighted by Crippen LogP contribution is 2.27. The SMILES string of the molecule is CC1CCN(C(=O)c2cc(N)ccc2Cl)C(C)C1. The molecule has 1 amide bonds. The number of rotatable bonds is 1. The van der Waals surface area contributed by atoms with E-state index in [4.69, 9.17) is 17.3 Å². The lowest BCUT2D eigenvalue weighted by molar-refractivity contribution is 0.0589. The quantitative estimate of drug-likeness (QED) is 0.794. The van der Waals surface area contributed by atoms with Gasteiger partial charge in [0.25, 0.3) is 5.91 Å². The number of amides is 1. The number of piperidine rings is 1. The van der Waals surface area contributed by atoms with Crippen LogP contribution in [0.25, 0.3) is 0 Å². The molecular weight excluding hydrogens is 248 g/mol. The summed E-state index contributed by atoms with van der Waals surface area (Å²) < 4.78 is 0. The van der Waals surface area contributed by atoms with E-state index in [1.54, 1.807) is 18.2 Å². The molecule has 1 saturated heterocycles. The van der Waals surface area contributed by atoms with E-state index in [1.165, 1.54) is 0 Å². The zero-order valence-corrected chi connectivity index (χ0v) is 11.6. The summed E-state index contributed by atoms with van der Waals surface area (Å²) in [5.74, 6) is 0.673. The normalized spacial score (nSPS) is 24.1. The van der Waals surface area contributed by atoms with Gasteiger partial charge >= 0.3 is 0 Å². The van der Waals surface area contributed by atoms with Gasteiger partial charge in [0.05, 0.1) is 10.6 Å². The summed E-state index contributed by atoms with van der Waals surface area (Å²) in [4.78, 5) is 14.4. The Morgan fingerprint density at radius 2 is 2.17 bits per heavy atom. The van der Waals surface area contributed by atoms with E-state index in [2.05, 4.69) is 13.8 Å². The number of hydrogen-bond acceptors (Lipinski definition) is 2. The van der Waals surface area contributed by atoms with Crippen LogP contribution in [0.2, 0.25) is 5.02 Å². The van der Waals surface area contributed by atoms with Crippen molar-refractivity contribution in [1.82, 2.24) is 4.90 Å². The van der Waals surface area contributed by atoms with Crippen molar-refractivity contribution in [3.63, 3.8) is 0 Å². The summed E-state index contributed by atoms with van der Waals surface area (Å²) in [5.41, 5.74) is 6.80. The maximum absolute atomic E-state index is 12.5. The fourth-order valence-electron chi connectivity index (χ4n) is 2.57. The number of carbonyl (C=O) groups is 1. The van der Waals surface area contributed by atoms with Crippen molar-refractivity contribution in [1.29, 1.82) is 0 Å². The molecule has 2 N–H and O–H groups in total. The molecule has 0 saturated carbocycles. The van der Waals surface area contributed by atoms with Gasteiger partial charge in [-0.2, -0.15) is 0 Å². The number of carbonyl (C=O) groups excluding carboxylic acids is 1. The fraction of sp³-hybridized carbons (Fsp3) is 0.500. The van der Waals surface area contributed by atoms with E-state index in [1.807, 2.05) is 4.90 Å². The minimum Gasteiger partial charge on any atom is -0.399 e. The Bertz CT molecular complexity index is 461. The summed E-state index contributed by atoms with van der Waals surface area (Å²) in [6.45, 7) is 5.12. The molecule has 1 fully saturated rings. The first-order valence-corrected chi connectivity index (χ1v) is 6.73. The number of benzene rings is 1. The third kappa shape index (κ3) is 2.61. The molecule has 0 aromatic heterocycles. The number of nitrogens with zero attached hydrogens (tertiary/aromatic N) is 1. The van der Waals surface area contributed by atoms with Gasteiger partial charge in [-0.15, -0.1) is 0 Å². The molecule has 1 aromatic carbocycles. The van der Waals surface area contributed by atoms with E-state index in [9.17, 15) is 4.79 Å². The molecule has 1 heterocycles. The van der Waals surface area contributed by atoms with Crippen molar-refractivity contribution in [2.45, 2.75) is 32.7 Å². The highest BCUT2D eigenvalue weighted by Gasteiger charge is 2.28. The van der Waals surface area contributed by atoms with Crippen molar-refractivity contribution < 1.29 is 4.79 Å². The van der Waals surface area contributed by atoms with Gasteiger partial charge in [-0.3, -0.25) is 4.79 Å². The van der Waals surface area contributed by atoms with Gasteiger partial charge < -0.3 is 10.6 Å². The zero-order valence-electron chi connectivity index (χ0n) is 10.8. The van der Waals surface area contributed by atoms with E-state index in [-0.39, 0.29) is 11.9 Å². The molecule has 18 heavy (non-hydrogen) atoms. The van der Waals surface area contributed by atoms with Crippen LogP contribution in [-0.2, 0) is 0 Å². The van der Waals surface area contributed by atoms with Gasteiger partial charge in [0.15, 0.2) is 0 Å². The smallest absolute Gasteiger partial charge is 0.255 e. The molecule has 0 aliphatic carbocycles. The molecule has 2 rings (SSSR count). The van der Waals surface area contributed by atoms with Crippen molar-refractivity contribution in [2.75, 3.05) is 12.3 Å². The monoisotopic (exact) mass is 266 g/mol. The van der Waals surface area contributed by atoms with Crippen molar-refractivity contribution in [2.24, 2.45) is 5.92 Å². The lowest BCUT2D eigenvalue weighted by Crippen LogP contribution is -2.44. The summed E-state index contributed by atoms with van der Waals surface area (Å²) >= 11 is 6.08. The minimum absolute atomic E-state index is 0.00769. The lowest BCUT2D eigenvalue weighted by Gasteiger charge is -2.36. The molecule has 4 heteroatoms. The standard InChI is InChI=1S/C14H19ClN2O/c1-9-5-6-17(10(2)7-9)14(18)12-8-11(16)3-4-13(12)15/h3-4,8-10H,5-7,16H2,1-2H3. The second-order valence-corrected chi connectivity index (χ2v) is 5.62. The van der Waals surface area contributed by atoms with Crippen LogP contribution in [-0.4, -0.2) is 23.4 Å². The third-order valence-electron chi connectivity index (χ3n) is 3.62. The zero-order chi connectivity index (χ0) is 13.3. The maximum Gasteiger partial charge on any atom is 0.255 e. The Balaban J connectivity index is 2.23. The predicted molar refractivity (Wildman–Crippen MR) is 74.8 cm³/mol. The summed E-state index contributed by atoms with van der Waals surface area (Å²) in [6, 6.07) is 5.32. The molecule has 1 aromatic rings. The van der Waals surface area contributed by atoms with Crippen LogP contribution in [0.5, 0.6) is 0 Å². The number of likely N-dealkylation sites (tertiary alicyclic amines) is 1. The van der Waals surface area contributed by atoms with E-state index in [0.717, 1.165) is 19.4 Å². The van der Waals surface area contributed by atoms with Gasteiger partial charge in [-0.25, -0.2) is 0 Å². The van der Waals surface area contributed by atoms with Crippen molar-refractivity contribution in [3.8, 4) is 0 Å². The average molecular weight is 267 g/mol. The second-order valence-electron chi connectivity index (χ2n) is 5.22. The van der Waals surface area contributed by atoms with Gasteiger partial charge in [0.2, 0.25) is 0 Å². The highest BCUT2D eigenvalue weighted by molar-refractivity contribution is 6.34. The van der Waals surface area contributed by atoms with Gasteiger partial charge in [0, 0.05) is 18.3 Å². The Kier molecular flexibility index (Phi) is 3.81. The molecule has 1 aliphatic heterocycles. The van der Waals surface area contributed by atoms with Crippen LogP contribution in [0.1, 0.15) is 37.0 Å². The van der Waals surface area contributed by atoms with Crippen molar-refractivity contribution >= 4 is 23.2 Å². The van der Waals surface area contributed by atoms with Crippen LogP contribution in [0, 0.1) is 5.92 Å². The van der Waals surface area contributed by atoms with Crippen molar-refractivity contribution in [3.05, 3.63) is 28.8 Å². The fourth-order valence-corrected chi connectivity index (χ4v) is 2.77. The van der Waals surface area contributed by atoms with E-state index >= 15 is 0 Å². The van der Waals surface area contributed by atoms with Crippen LogP contribution in [0.4, 0.5) is 5.69 Å². The number of halogens is 1. The van der Waals surface area contributed by atoms with Crippen LogP contribution >= 0.6 is 11.6 Å². The summed E-state index contributed by atoms with van der Waals surface area (Å²) in [7, 11) is 0. The second kappa shape index (κ2) is 5.19. The van der Waals surface area contributed by atoms with Crippen LogP contribution in [0.3, 0.4) is 0 Å². The first-order chi connectivity index (χ1) is 8.49. The van der Waals surface area contributed by atoms with Gasteiger partial charge in [-0.05, 0) is 43.9 Å². The van der Waals surface area contributed by atoms with Gasteiger partial charge in [-0.1, -0.05) is 18.5 Å². The first-order valence-electron chi connectivity index (χ1n) is 6.35. The predicted octanol–water partition coefficient (Wildman–Crippen LogP) is 3.18. The average Bonchev–Trinajstić information content (AvgIpc) is 2.31. The van der Waals surface area contributed by atoms with Crippen LogP contribution < -0.4 is 5.73 Å². The Hall–Kier alpha value is -1.22. The number of anilines is 1. The largest absolute Gasteiger partial charge is 0.399 e. The number of nitrogens with two attached hydrogens (primary N) is 1. The Morgan fingerprint density at radius 1 is 1.44 bits per heavy atom. The number of hydrogen-bond donors (Lipinski definition) is 1. The lowest BCUT2D eigenvalue weighted by atomic mass is 9.93.